The molecule has 8 aromatic carbocycles. The van der Waals surface area contributed by atoms with Crippen LogP contribution in [0.4, 0.5) is 0 Å². The van der Waals surface area contributed by atoms with Crippen molar-refractivity contribution in [2.45, 2.75) is 0 Å². The van der Waals surface area contributed by atoms with Crippen LogP contribution in [-0.2, 0) is 0 Å². The second kappa shape index (κ2) is 12.8. The van der Waals surface area contributed by atoms with Gasteiger partial charge in [-0.05, 0) is 74.8 Å². The summed E-state index contributed by atoms with van der Waals surface area (Å²) in [6, 6.07) is 70.6. The second-order valence-electron chi connectivity index (χ2n) is 14.9. The van der Waals surface area contributed by atoms with Crippen LogP contribution in [0.25, 0.3) is 121 Å². The van der Waals surface area contributed by atoms with Crippen molar-refractivity contribution >= 4 is 75.9 Å². The van der Waals surface area contributed by atoms with Crippen molar-refractivity contribution in [2.24, 2.45) is 0 Å². The molecule has 266 valence electrons. The predicted molar refractivity (Wildman–Crippen MR) is 240 cm³/mol. The number of rotatable bonds is 4. The van der Waals surface area contributed by atoms with Gasteiger partial charge >= 0.3 is 0 Å². The van der Waals surface area contributed by atoms with Crippen molar-refractivity contribution in [1.82, 2.24) is 19.9 Å². The molecule has 12 aromatic rings. The molecule has 0 fully saturated rings. The van der Waals surface area contributed by atoms with Gasteiger partial charge < -0.3 is 0 Å². The number of hydrogen-bond acceptors (Lipinski definition) is 4. The zero-order valence-corrected chi connectivity index (χ0v) is 31.1. The Labute approximate surface area is 333 Å². The molecule has 4 nitrogen and oxygen atoms in total. The number of benzene rings is 8. The molecule has 0 saturated heterocycles. The van der Waals surface area contributed by atoms with Gasteiger partial charge in [0.25, 0.3) is 0 Å². The van der Waals surface area contributed by atoms with Crippen LogP contribution in [0.5, 0.6) is 0 Å². The largest absolute Gasteiger partial charge is 0.245 e. The Morgan fingerprint density at radius 3 is 1.36 bits per heavy atom. The smallest absolute Gasteiger partial charge is 0.122 e. The highest BCUT2D eigenvalue weighted by Gasteiger charge is 2.15. The van der Waals surface area contributed by atoms with Gasteiger partial charge in [0.2, 0.25) is 0 Å². The molecule has 0 aliphatic rings. The molecule has 58 heavy (non-hydrogen) atoms. The second-order valence-corrected chi connectivity index (χ2v) is 14.9. The van der Waals surface area contributed by atoms with E-state index in [2.05, 4.69) is 194 Å². The van der Waals surface area contributed by atoms with E-state index in [1.54, 1.807) is 0 Å². The molecule has 4 aromatic heterocycles. The van der Waals surface area contributed by atoms with Gasteiger partial charge in [0.05, 0.1) is 39.0 Å². The molecule has 0 atom stereocenters. The van der Waals surface area contributed by atoms with Crippen molar-refractivity contribution < 1.29 is 0 Å². The maximum atomic E-state index is 5.34. The quantitative estimate of drug-likeness (QED) is 0.169. The summed E-state index contributed by atoms with van der Waals surface area (Å²) in [5.74, 6) is 0. The lowest BCUT2D eigenvalue weighted by atomic mass is 9.95. The Hall–Kier alpha value is -8.00. The molecule has 0 radical (unpaired) electrons. The van der Waals surface area contributed by atoms with E-state index in [1.807, 2.05) is 0 Å². The van der Waals surface area contributed by atoms with Crippen molar-refractivity contribution in [1.29, 1.82) is 0 Å². The lowest BCUT2D eigenvalue weighted by molar-refractivity contribution is 1.37. The Morgan fingerprint density at radius 2 is 0.741 bits per heavy atom. The van der Waals surface area contributed by atoms with E-state index < -0.39 is 0 Å². The van der Waals surface area contributed by atoms with Crippen molar-refractivity contribution in [3.63, 3.8) is 0 Å². The van der Waals surface area contributed by atoms with Crippen molar-refractivity contribution in [3.05, 3.63) is 194 Å². The zero-order valence-electron chi connectivity index (χ0n) is 31.1. The SMILES string of the molecule is c1c(-c2ccc(-c3ccc4ccc5ccc(-c6ccc7ccccc7c6)nc5c4n3)c3ccccc23)nc2c(c#1)ccc1ccc(-c3ccc4ccccc4c3)nc12. The van der Waals surface area contributed by atoms with Crippen LogP contribution in [0.15, 0.2) is 182 Å². The van der Waals surface area contributed by atoms with Crippen LogP contribution < -0.4 is 0 Å². The minimum atomic E-state index is 0.726. The number of aromatic nitrogens is 4. The van der Waals surface area contributed by atoms with Gasteiger partial charge in [-0.15, -0.1) is 0 Å². The third-order valence-corrected chi connectivity index (χ3v) is 11.4. The third kappa shape index (κ3) is 5.26. The molecule has 0 spiro atoms. The molecule has 4 heteroatoms. The Morgan fingerprint density at radius 1 is 0.293 bits per heavy atom. The Kier molecular flexibility index (Phi) is 7.11. The Balaban J connectivity index is 0.973. The topological polar surface area (TPSA) is 51.6 Å². The van der Waals surface area contributed by atoms with Crippen LogP contribution in [0, 0.1) is 12.1 Å². The van der Waals surface area contributed by atoms with E-state index in [0.29, 0.717) is 0 Å². The summed E-state index contributed by atoms with van der Waals surface area (Å²) in [7, 11) is 0. The summed E-state index contributed by atoms with van der Waals surface area (Å²) in [5, 5.41) is 11.0. The van der Waals surface area contributed by atoms with Gasteiger partial charge in [0, 0.05) is 38.4 Å². The van der Waals surface area contributed by atoms with E-state index >= 15 is 0 Å². The van der Waals surface area contributed by atoms with Crippen molar-refractivity contribution in [2.75, 3.05) is 0 Å². The molecule has 0 bridgehead atoms. The van der Waals surface area contributed by atoms with Gasteiger partial charge in [-0.2, -0.15) is 0 Å². The summed E-state index contributed by atoms with van der Waals surface area (Å²) >= 11 is 0. The predicted octanol–water partition coefficient (Wildman–Crippen LogP) is 13.6. The molecule has 4 heterocycles. The van der Waals surface area contributed by atoms with Gasteiger partial charge in [-0.3, -0.25) is 0 Å². The normalized spacial score (nSPS) is 11.7. The molecule has 0 unspecified atom stereocenters. The minimum absolute atomic E-state index is 0.726. The summed E-state index contributed by atoms with van der Waals surface area (Å²) < 4.78 is 0. The first kappa shape index (κ1) is 32.3. The molecule has 0 amide bonds. The van der Waals surface area contributed by atoms with E-state index in [0.717, 1.165) is 99.4 Å². The van der Waals surface area contributed by atoms with Gasteiger partial charge in [-0.25, -0.2) is 19.9 Å². The standard InChI is InChI=1S/C54H30N4/c1-3-9-39-31-41(19-13-33(39)7-1)47-27-21-35-15-17-37-23-29-49(57-53(37)51(35)55-47)45-25-26-46(44-12-6-5-11-43(44)45)50-30-24-38-18-16-36-22-28-48(56-52(36)54(38)58-50)42-20-14-34-8-2-4-10-40(34)32-42/h1-23,25-29,31-32H. The first-order valence-electron chi connectivity index (χ1n) is 19.5. The van der Waals surface area contributed by atoms with Gasteiger partial charge in [0.15, 0.2) is 0 Å². The first-order chi connectivity index (χ1) is 28.7. The fraction of sp³-hybridized carbons (Fsp3) is 0. The maximum absolute atomic E-state index is 5.34. The van der Waals surface area contributed by atoms with E-state index in [9.17, 15) is 0 Å². The van der Waals surface area contributed by atoms with Crippen LogP contribution in [-0.4, -0.2) is 19.9 Å². The molecular formula is C54H30N4. The minimum Gasteiger partial charge on any atom is -0.245 e. The van der Waals surface area contributed by atoms with E-state index in [-0.39, 0.29) is 0 Å². The highest BCUT2D eigenvalue weighted by atomic mass is 14.8. The molecular weight excluding hydrogens is 705 g/mol. The molecule has 0 N–H and O–H groups in total. The third-order valence-electron chi connectivity index (χ3n) is 11.4. The average Bonchev–Trinajstić information content (AvgIpc) is 3.30. The molecule has 0 aliphatic heterocycles. The highest BCUT2D eigenvalue weighted by Crippen LogP contribution is 2.37. The highest BCUT2D eigenvalue weighted by molar-refractivity contribution is 6.09. The summed E-state index contributed by atoms with van der Waals surface area (Å²) in [6.07, 6.45) is 0. The lowest BCUT2D eigenvalue weighted by Crippen LogP contribution is -1.93. The summed E-state index contributed by atoms with van der Waals surface area (Å²) in [5.41, 5.74) is 11.1. The number of fused-ring (bicyclic) bond motifs is 9. The van der Waals surface area contributed by atoms with Crippen LogP contribution in [0.2, 0.25) is 0 Å². The number of nitrogens with zero attached hydrogens (tertiary/aromatic N) is 4. The summed E-state index contributed by atoms with van der Waals surface area (Å²) in [4.78, 5) is 21.0. The van der Waals surface area contributed by atoms with Crippen LogP contribution >= 0.6 is 0 Å². The summed E-state index contributed by atoms with van der Waals surface area (Å²) in [6.45, 7) is 0. The molecule has 0 saturated carbocycles. The maximum Gasteiger partial charge on any atom is 0.122 e. The fourth-order valence-electron chi connectivity index (χ4n) is 8.45. The zero-order chi connectivity index (χ0) is 38.2. The Bertz CT molecular complexity index is 3400. The fourth-order valence-corrected chi connectivity index (χ4v) is 8.45. The number of pyridine rings is 3. The van der Waals surface area contributed by atoms with E-state index in [4.69, 9.17) is 19.9 Å². The van der Waals surface area contributed by atoms with Gasteiger partial charge in [-0.1, -0.05) is 152 Å². The van der Waals surface area contributed by atoms with Crippen LogP contribution in [0.1, 0.15) is 0 Å². The average molecular weight is 735 g/mol. The number of hydrogen-bond donors (Lipinski definition) is 0. The van der Waals surface area contributed by atoms with Crippen LogP contribution in [0.3, 0.4) is 0 Å². The van der Waals surface area contributed by atoms with E-state index in [1.165, 1.54) is 21.5 Å². The first-order valence-corrected chi connectivity index (χ1v) is 19.5. The lowest BCUT2D eigenvalue weighted by Gasteiger charge is -2.12. The monoisotopic (exact) mass is 734 g/mol. The van der Waals surface area contributed by atoms with Crippen molar-refractivity contribution in [3.8, 4) is 45.0 Å². The van der Waals surface area contributed by atoms with Gasteiger partial charge in [0.1, 0.15) is 11.2 Å². The molecule has 12 rings (SSSR count). The molecule has 0 aliphatic carbocycles.